The minimum atomic E-state index is -1.53. The van der Waals surface area contributed by atoms with Crippen LogP contribution in [0.3, 0.4) is 0 Å². The van der Waals surface area contributed by atoms with Gasteiger partial charge in [0, 0.05) is 0 Å². The molecule has 7 heteroatoms. The number of rotatable bonds is 3. The number of aliphatic hydroxyl groups excluding tert-OH is 4. The molecule has 1 unspecified atom stereocenters. The van der Waals surface area contributed by atoms with Crippen molar-refractivity contribution in [2.45, 2.75) is 37.4 Å². The normalized spacial score (nSPS) is 41.7. The summed E-state index contributed by atoms with van der Waals surface area (Å²) in [6.45, 7) is 0.753. The fraction of sp³-hybridized carbons (Fsp3) is 0.889. The molecule has 94 valence electrons. The first-order chi connectivity index (χ1) is 7.40. The van der Waals surface area contributed by atoms with E-state index in [9.17, 15) is 20.1 Å². The summed E-state index contributed by atoms with van der Waals surface area (Å²) in [4.78, 5) is 10.7. The number of carboxylic acids is 1. The predicted octanol–water partition coefficient (Wildman–Crippen LogP) is -2.45. The van der Waals surface area contributed by atoms with E-state index >= 15 is 0 Å². The highest BCUT2D eigenvalue weighted by molar-refractivity contribution is 5.70. The summed E-state index contributed by atoms with van der Waals surface area (Å²) in [6, 6.07) is 0. The summed E-state index contributed by atoms with van der Waals surface area (Å²) in [5.41, 5.74) is 0. The van der Waals surface area contributed by atoms with Crippen LogP contribution in [0.4, 0.5) is 0 Å². The third kappa shape index (κ3) is 2.33. The zero-order valence-electron chi connectivity index (χ0n) is 8.72. The van der Waals surface area contributed by atoms with E-state index in [-0.39, 0.29) is 0 Å². The SMILES string of the molecule is C[C@H](C(=O)O)C1O[C@H](CO)[C@H](O)[C@H](O)[C@H]1O. The van der Waals surface area contributed by atoms with Crippen LogP contribution >= 0.6 is 0 Å². The quantitative estimate of drug-likeness (QED) is 0.368. The number of hydrogen-bond acceptors (Lipinski definition) is 6. The Labute approximate surface area is 91.9 Å². The van der Waals surface area contributed by atoms with Crippen LogP contribution in [0.2, 0.25) is 0 Å². The van der Waals surface area contributed by atoms with Crippen molar-refractivity contribution < 1.29 is 35.1 Å². The van der Waals surface area contributed by atoms with Crippen molar-refractivity contribution in [3.63, 3.8) is 0 Å². The number of carboxylic acid groups (broad SMARTS) is 1. The van der Waals surface area contributed by atoms with Gasteiger partial charge in [0.05, 0.1) is 18.6 Å². The molecular formula is C9H16O7. The number of ether oxygens (including phenoxy) is 1. The fourth-order valence-corrected chi connectivity index (χ4v) is 1.68. The van der Waals surface area contributed by atoms with Crippen molar-refractivity contribution in [3.05, 3.63) is 0 Å². The molecule has 16 heavy (non-hydrogen) atoms. The smallest absolute Gasteiger partial charge is 0.308 e. The number of aliphatic carboxylic acids is 1. The highest BCUT2D eigenvalue weighted by Gasteiger charge is 2.46. The van der Waals surface area contributed by atoms with Crippen LogP contribution < -0.4 is 0 Å². The summed E-state index contributed by atoms with van der Waals surface area (Å²) in [6.07, 6.45) is -6.71. The molecule has 7 nitrogen and oxygen atoms in total. The molecule has 1 saturated heterocycles. The third-order valence-electron chi connectivity index (χ3n) is 2.81. The zero-order chi connectivity index (χ0) is 12.5. The van der Waals surface area contributed by atoms with Crippen LogP contribution in [0.15, 0.2) is 0 Å². The predicted molar refractivity (Wildman–Crippen MR) is 50.6 cm³/mol. The number of carbonyl (C=O) groups is 1. The fourth-order valence-electron chi connectivity index (χ4n) is 1.68. The van der Waals surface area contributed by atoms with E-state index in [4.69, 9.17) is 14.9 Å². The second kappa shape index (κ2) is 5.07. The average Bonchev–Trinajstić information content (AvgIpc) is 2.25. The molecule has 0 amide bonds. The highest BCUT2D eigenvalue weighted by Crippen LogP contribution is 2.25. The lowest BCUT2D eigenvalue weighted by molar-refractivity contribution is -0.240. The van der Waals surface area contributed by atoms with Crippen LogP contribution in [0.5, 0.6) is 0 Å². The number of hydrogen-bond donors (Lipinski definition) is 5. The van der Waals surface area contributed by atoms with Crippen molar-refractivity contribution in [1.29, 1.82) is 0 Å². The van der Waals surface area contributed by atoms with E-state index in [0.717, 1.165) is 0 Å². The highest BCUT2D eigenvalue weighted by atomic mass is 16.5. The molecule has 0 radical (unpaired) electrons. The van der Waals surface area contributed by atoms with Gasteiger partial charge in [-0.3, -0.25) is 4.79 Å². The van der Waals surface area contributed by atoms with E-state index in [0.29, 0.717) is 0 Å². The van der Waals surface area contributed by atoms with Gasteiger partial charge in [0.25, 0.3) is 0 Å². The molecule has 0 saturated carbocycles. The van der Waals surface area contributed by atoms with Gasteiger partial charge in [-0.15, -0.1) is 0 Å². The summed E-state index contributed by atoms with van der Waals surface area (Å²) < 4.78 is 5.06. The van der Waals surface area contributed by atoms with Crippen LogP contribution in [0.25, 0.3) is 0 Å². The molecule has 0 aliphatic carbocycles. The first kappa shape index (κ1) is 13.3. The lowest BCUT2D eigenvalue weighted by Crippen LogP contribution is -2.60. The summed E-state index contributed by atoms with van der Waals surface area (Å²) in [5, 5.41) is 46.1. The van der Waals surface area contributed by atoms with Crippen LogP contribution in [0, 0.1) is 5.92 Å². The minimum Gasteiger partial charge on any atom is -0.481 e. The summed E-state index contributed by atoms with van der Waals surface area (Å²) >= 11 is 0. The lowest BCUT2D eigenvalue weighted by atomic mass is 9.89. The molecule has 1 fully saturated rings. The monoisotopic (exact) mass is 236 g/mol. The van der Waals surface area contributed by atoms with Crippen LogP contribution in [-0.4, -0.2) is 68.6 Å². The Bertz CT molecular complexity index is 254. The maximum atomic E-state index is 10.7. The molecule has 1 aliphatic heterocycles. The molecular weight excluding hydrogens is 220 g/mol. The first-order valence-corrected chi connectivity index (χ1v) is 4.93. The molecule has 5 N–H and O–H groups in total. The van der Waals surface area contributed by atoms with Gasteiger partial charge >= 0.3 is 5.97 Å². The minimum absolute atomic E-state index is 0.562. The van der Waals surface area contributed by atoms with Gasteiger partial charge in [-0.2, -0.15) is 0 Å². The Kier molecular flexibility index (Phi) is 4.22. The van der Waals surface area contributed by atoms with Crippen molar-refractivity contribution in [1.82, 2.24) is 0 Å². The van der Waals surface area contributed by atoms with Crippen molar-refractivity contribution in [2.75, 3.05) is 6.61 Å². The zero-order valence-corrected chi connectivity index (χ0v) is 8.72. The Morgan fingerprint density at radius 1 is 1.25 bits per heavy atom. The second-order valence-corrected chi connectivity index (χ2v) is 3.92. The molecule has 1 rings (SSSR count). The van der Waals surface area contributed by atoms with Gasteiger partial charge in [0.1, 0.15) is 24.4 Å². The first-order valence-electron chi connectivity index (χ1n) is 4.93. The number of aliphatic hydroxyl groups is 4. The standard InChI is InChI=1S/C9H16O7/c1-3(9(14)15)8-7(13)6(12)5(11)4(2-10)16-8/h3-8,10-13H,2H2,1H3,(H,14,15)/t3-,4+,5-,6-,7+,8?/m0/s1. The van der Waals surface area contributed by atoms with Crippen molar-refractivity contribution >= 4 is 5.97 Å². The third-order valence-corrected chi connectivity index (χ3v) is 2.81. The molecule has 1 heterocycles. The van der Waals surface area contributed by atoms with Crippen molar-refractivity contribution in [2.24, 2.45) is 5.92 Å². The second-order valence-electron chi connectivity index (χ2n) is 3.92. The molecule has 6 atom stereocenters. The molecule has 0 aromatic carbocycles. The van der Waals surface area contributed by atoms with Gasteiger partial charge in [0.2, 0.25) is 0 Å². The Morgan fingerprint density at radius 3 is 2.25 bits per heavy atom. The maximum absolute atomic E-state index is 10.7. The van der Waals surface area contributed by atoms with Gasteiger partial charge in [-0.05, 0) is 6.92 Å². The van der Waals surface area contributed by atoms with E-state index in [1.807, 2.05) is 0 Å². The lowest BCUT2D eigenvalue weighted by Gasteiger charge is -2.41. The van der Waals surface area contributed by atoms with Gasteiger partial charge in [0.15, 0.2) is 0 Å². The topological polar surface area (TPSA) is 127 Å². The van der Waals surface area contributed by atoms with Gasteiger partial charge < -0.3 is 30.3 Å². The van der Waals surface area contributed by atoms with E-state index in [1.165, 1.54) is 6.92 Å². The molecule has 0 spiro atoms. The largest absolute Gasteiger partial charge is 0.481 e. The van der Waals surface area contributed by atoms with Crippen LogP contribution in [0.1, 0.15) is 6.92 Å². The van der Waals surface area contributed by atoms with E-state index in [2.05, 4.69) is 0 Å². The summed E-state index contributed by atoms with van der Waals surface area (Å²) in [7, 11) is 0. The molecule has 0 aromatic rings. The molecule has 0 bridgehead atoms. The Hall–Kier alpha value is -0.730. The molecule has 0 aromatic heterocycles. The van der Waals surface area contributed by atoms with Gasteiger partial charge in [-0.1, -0.05) is 0 Å². The van der Waals surface area contributed by atoms with Crippen molar-refractivity contribution in [3.8, 4) is 0 Å². The van der Waals surface area contributed by atoms with E-state index < -0.39 is 49.0 Å². The average molecular weight is 236 g/mol. The summed E-state index contributed by atoms with van der Waals surface area (Å²) in [5.74, 6) is -2.24. The Balaban J connectivity index is 2.82. The maximum Gasteiger partial charge on any atom is 0.308 e. The molecule has 1 aliphatic rings. The Morgan fingerprint density at radius 2 is 1.81 bits per heavy atom. The van der Waals surface area contributed by atoms with E-state index in [1.54, 1.807) is 0 Å². The van der Waals surface area contributed by atoms with Crippen LogP contribution in [-0.2, 0) is 9.53 Å². The van der Waals surface area contributed by atoms with Gasteiger partial charge in [-0.25, -0.2) is 0 Å².